The van der Waals surface area contributed by atoms with E-state index in [1.165, 1.54) is 28.5 Å². The van der Waals surface area contributed by atoms with Gasteiger partial charge in [-0.1, -0.05) is 0 Å². The Kier molecular flexibility index (Phi) is 4.56. The Bertz CT molecular complexity index is 689. The number of aryl methyl sites for hydroxylation is 1. The lowest BCUT2D eigenvalue weighted by atomic mass is 10.2. The highest BCUT2D eigenvalue weighted by atomic mass is 32.1. The summed E-state index contributed by atoms with van der Waals surface area (Å²) in [7, 11) is 0. The number of anilines is 1. The van der Waals surface area contributed by atoms with E-state index in [1.54, 1.807) is 6.92 Å². The lowest BCUT2D eigenvalue weighted by Crippen LogP contribution is -2.22. The minimum absolute atomic E-state index is 0.498. The second-order valence-corrected chi connectivity index (χ2v) is 7.92. The fourth-order valence-electron chi connectivity index (χ4n) is 3.54. The Morgan fingerprint density at radius 1 is 1.21 bits per heavy atom. The normalized spacial score (nSPS) is 20.2. The van der Waals surface area contributed by atoms with Crippen LogP contribution in [0.4, 0.5) is 5.13 Å². The number of fused-ring (bicyclic) bond motifs is 1. The summed E-state index contributed by atoms with van der Waals surface area (Å²) in [4.78, 5) is 10.8. The first-order valence-corrected chi connectivity index (χ1v) is 9.67. The summed E-state index contributed by atoms with van der Waals surface area (Å²) in [6.45, 7) is 7.91. The van der Waals surface area contributed by atoms with Crippen LogP contribution in [0.25, 0.3) is 0 Å². The van der Waals surface area contributed by atoms with Crippen LogP contribution in [0.5, 0.6) is 0 Å². The summed E-state index contributed by atoms with van der Waals surface area (Å²) in [6, 6.07) is 2.05. The van der Waals surface area contributed by atoms with Gasteiger partial charge in [-0.25, -0.2) is 4.98 Å². The molecule has 2 aromatic rings. The molecule has 0 saturated carbocycles. The highest BCUT2D eigenvalue weighted by Gasteiger charge is 2.20. The van der Waals surface area contributed by atoms with E-state index >= 15 is 0 Å². The molecule has 0 spiro atoms. The Labute approximate surface area is 146 Å². The molecule has 4 rings (SSSR count). The van der Waals surface area contributed by atoms with Gasteiger partial charge in [-0.3, -0.25) is 9.58 Å². The van der Waals surface area contributed by atoms with Gasteiger partial charge in [0.2, 0.25) is 0 Å². The van der Waals surface area contributed by atoms with Gasteiger partial charge in [0, 0.05) is 50.3 Å². The summed E-state index contributed by atoms with van der Waals surface area (Å²) in [5.41, 5.74) is 1.98. The lowest BCUT2D eigenvalue weighted by Gasteiger charge is -2.18. The second kappa shape index (κ2) is 6.82. The number of aliphatic hydroxyl groups is 1. The molecule has 130 valence electrons. The number of rotatable bonds is 4. The Hall–Kier alpha value is -1.44. The largest absolute Gasteiger partial charge is 0.387 e. The first-order valence-electron chi connectivity index (χ1n) is 8.86. The van der Waals surface area contributed by atoms with E-state index in [1.807, 2.05) is 23.6 Å². The minimum Gasteiger partial charge on any atom is -0.387 e. The first kappa shape index (κ1) is 16.1. The van der Waals surface area contributed by atoms with E-state index in [-0.39, 0.29) is 0 Å². The Morgan fingerprint density at radius 3 is 2.83 bits per heavy atom. The predicted octanol–water partition coefficient (Wildman–Crippen LogP) is 2.40. The van der Waals surface area contributed by atoms with Crippen molar-refractivity contribution in [1.29, 1.82) is 0 Å². The highest BCUT2D eigenvalue weighted by molar-refractivity contribution is 7.15. The van der Waals surface area contributed by atoms with Crippen molar-refractivity contribution < 1.29 is 5.11 Å². The van der Waals surface area contributed by atoms with Crippen molar-refractivity contribution in [3.8, 4) is 0 Å². The quantitative estimate of drug-likeness (QED) is 0.920. The van der Waals surface area contributed by atoms with Crippen LogP contribution in [0.2, 0.25) is 0 Å². The van der Waals surface area contributed by atoms with Crippen LogP contribution in [-0.4, -0.2) is 44.4 Å². The van der Waals surface area contributed by atoms with Crippen LogP contribution in [0.3, 0.4) is 0 Å². The van der Waals surface area contributed by atoms with Gasteiger partial charge in [0.15, 0.2) is 5.13 Å². The standard InChI is InChI=1S/C17H25N5OS/c1-13(23)16-9-14-11-20(5-4-8-22(14)19-16)12-15-10-18-17(24-15)21-6-2-3-7-21/h9-10,13,23H,2-8,11-12H2,1H3/t13-/m1/s1. The van der Waals surface area contributed by atoms with Crippen molar-refractivity contribution in [2.24, 2.45) is 0 Å². The molecule has 4 heterocycles. The lowest BCUT2D eigenvalue weighted by molar-refractivity contribution is 0.193. The molecule has 7 heteroatoms. The van der Waals surface area contributed by atoms with Crippen LogP contribution >= 0.6 is 11.3 Å². The molecule has 0 amide bonds. The number of nitrogens with zero attached hydrogens (tertiary/aromatic N) is 5. The van der Waals surface area contributed by atoms with Crippen LogP contribution in [-0.2, 0) is 19.6 Å². The summed E-state index contributed by atoms with van der Waals surface area (Å²) < 4.78 is 2.06. The molecule has 24 heavy (non-hydrogen) atoms. The van der Waals surface area contributed by atoms with Crippen molar-refractivity contribution >= 4 is 16.5 Å². The van der Waals surface area contributed by atoms with E-state index in [4.69, 9.17) is 0 Å². The molecular formula is C17H25N5OS. The zero-order valence-corrected chi connectivity index (χ0v) is 15.0. The summed E-state index contributed by atoms with van der Waals surface area (Å²) in [6.07, 6.45) is 5.21. The van der Waals surface area contributed by atoms with Crippen LogP contribution in [0, 0.1) is 0 Å². The first-order chi connectivity index (χ1) is 11.7. The Morgan fingerprint density at radius 2 is 2.04 bits per heavy atom. The van der Waals surface area contributed by atoms with Crippen molar-refractivity contribution in [1.82, 2.24) is 19.7 Å². The van der Waals surface area contributed by atoms with Crippen molar-refractivity contribution in [2.45, 2.75) is 51.9 Å². The van der Waals surface area contributed by atoms with Crippen molar-refractivity contribution in [3.63, 3.8) is 0 Å². The summed E-state index contributed by atoms with van der Waals surface area (Å²) in [5.74, 6) is 0. The SMILES string of the molecule is C[C@@H](O)c1cc2n(n1)CCCN(Cc1cnc(N3CCCC3)s1)C2. The van der Waals surface area contributed by atoms with E-state index in [2.05, 4.69) is 24.6 Å². The molecule has 1 N–H and O–H groups in total. The third-order valence-corrected chi connectivity index (χ3v) is 5.88. The van der Waals surface area contributed by atoms with E-state index in [0.717, 1.165) is 51.4 Å². The maximum absolute atomic E-state index is 9.75. The van der Waals surface area contributed by atoms with Gasteiger partial charge in [-0.05, 0) is 32.3 Å². The molecule has 0 aromatic carbocycles. The fraction of sp³-hybridized carbons (Fsp3) is 0.647. The van der Waals surface area contributed by atoms with E-state index in [9.17, 15) is 5.11 Å². The van der Waals surface area contributed by atoms with Gasteiger partial charge >= 0.3 is 0 Å². The maximum Gasteiger partial charge on any atom is 0.185 e. The zero-order chi connectivity index (χ0) is 16.5. The van der Waals surface area contributed by atoms with Gasteiger partial charge in [-0.2, -0.15) is 5.10 Å². The van der Waals surface area contributed by atoms with Gasteiger partial charge < -0.3 is 10.0 Å². The Balaban J connectivity index is 1.44. The number of aromatic nitrogens is 3. The molecule has 2 aromatic heterocycles. The second-order valence-electron chi connectivity index (χ2n) is 6.83. The summed E-state index contributed by atoms with van der Waals surface area (Å²) >= 11 is 1.83. The number of hydrogen-bond acceptors (Lipinski definition) is 6. The molecule has 1 atom stereocenters. The molecule has 1 saturated heterocycles. The smallest absolute Gasteiger partial charge is 0.185 e. The predicted molar refractivity (Wildman–Crippen MR) is 95.2 cm³/mol. The average molecular weight is 347 g/mol. The van der Waals surface area contributed by atoms with Crippen LogP contribution in [0.15, 0.2) is 12.3 Å². The van der Waals surface area contributed by atoms with Crippen molar-refractivity contribution in [2.75, 3.05) is 24.5 Å². The summed E-state index contributed by atoms with van der Waals surface area (Å²) in [5, 5.41) is 15.5. The molecule has 0 aliphatic carbocycles. The van der Waals surface area contributed by atoms with Crippen LogP contribution < -0.4 is 4.90 Å². The molecule has 2 aliphatic heterocycles. The molecule has 1 fully saturated rings. The maximum atomic E-state index is 9.75. The fourth-order valence-corrected chi connectivity index (χ4v) is 4.54. The van der Waals surface area contributed by atoms with Gasteiger partial charge in [-0.15, -0.1) is 11.3 Å². The molecule has 0 radical (unpaired) electrons. The van der Waals surface area contributed by atoms with Gasteiger partial charge in [0.25, 0.3) is 0 Å². The van der Waals surface area contributed by atoms with E-state index in [0.29, 0.717) is 0 Å². The molecule has 2 aliphatic rings. The highest BCUT2D eigenvalue weighted by Crippen LogP contribution is 2.27. The number of aliphatic hydroxyl groups excluding tert-OH is 1. The molecule has 0 bridgehead atoms. The number of hydrogen-bond donors (Lipinski definition) is 1. The van der Waals surface area contributed by atoms with Crippen molar-refractivity contribution in [3.05, 3.63) is 28.5 Å². The molecule has 6 nitrogen and oxygen atoms in total. The third kappa shape index (κ3) is 3.34. The average Bonchev–Trinajstić information content (AvgIpc) is 3.26. The van der Waals surface area contributed by atoms with Crippen LogP contribution in [0.1, 0.15) is 48.6 Å². The zero-order valence-electron chi connectivity index (χ0n) is 14.2. The van der Waals surface area contributed by atoms with Gasteiger partial charge in [0.05, 0.1) is 17.5 Å². The van der Waals surface area contributed by atoms with E-state index < -0.39 is 6.10 Å². The van der Waals surface area contributed by atoms with Gasteiger partial charge in [0.1, 0.15) is 0 Å². The third-order valence-electron chi connectivity index (χ3n) is 4.84. The molecular weight excluding hydrogens is 322 g/mol. The minimum atomic E-state index is -0.498. The topological polar surface area (TPSA) is 57.4 Å². The molecule has 0 unspecified atom stereocenters. The monoisotopic (exact) mass is 347 g/mol. The number of thiazole rings is 1.